The summed E-state index contributed by atoms with van der Waals surface area (Å²) in [6, 6.07) is 7.72. The third-order valence-corrected chi connectivity index (χ3v) is 3.54. The minimum absolute atomic E-state index is 0.000926. The molecular weight excluding hydrogens is 224 g/mol. The molecule has 0 fully saturated rings. The average molecular weight is 244 g/mol. The van der Waals surface area contributed by atoms with Gasteiger partial charge in [0.1, 0.15) is 0 Å². The molecule has 96 valence electrons. The van der Waals surface area contributed by atoms with Crippen LogP contribution < -0.4 is 5.32 Å². The van der Waals surface area contributed by atoms with Crippen LogP contribution in [-0.2, 0) is 0 Å². The SMILES string of the molecule is CC(C)C(C)CNC(=O)c1ccc2cc[nH]c2c1. The molecule has 1 aromatic heterocycles. The molecule has 18 heavy (non-hydrogen) atoms. The number of carbonyl (C=O) groups is 1. The van der Waals surface area contributed by atoms with Crippen molar-refractivity contribution in [3.05, 3.63) is 36.0 Å². The second kappa shape index (κ2) is 5.25. The summed E-state index contributed by atoms with van der Waals surface area (Å²) in [7, 11) is 0. The Morgan fingerprint density at radius 1 is 1.28 bits per heavy atom. The largest absolute Gasteiger partial charge is 0.361 e. The van der Waals surface area contributed by atoms with Crippen LogP contribution >= 0.6 is 0 Å². The van der Waals surface area contributed by atoms with Gasteiger partial charge < -0.3 is 10.3 Å². The van der Waals surface area contributed by atoms with Gasteiger partial charge in [0.15, 0.2) is 0 Å². The molecule has 0 aliphatic rings. The number of nitrogens with one attached hydrogen (secondary N) is 2. The Hall–Kier alpha value is -1.77. The summed E-state index contributed by atoms with van der Waals surface area (Å²) in [4.78, 5) is 15.1. The Labute approximate surface area is 108 Å². The Kier molecular flexibility index (Phi) is 3.70. The van der Waals surface area contributed by atoms with E-state index in [0.29, 0.717) is 17.4 Å². The molecule has 1 aromatic carbocycles. The van der Waals surface area contributed by atoms with Gasteiger partial charge in [-0.1, -0.05) is 26.8 Å². The summed E-state index contributed by atoms with van der Waals surface area (Å²) in [5, 5.41) is 4.11. The number of aromatic amines is 1. The van der Waals surface area contributed by atoms with E-state index in [1.165, 1.54) is 0 Å². The summed E-state index contributed by atoms with van der Waals surface area (Å²) in [5.74, 6) is 1.07. The van der Waals surface area contributed by atoms with Crippen molar-refractivity contribution in [1.82, 2.24) is 10.3 Å². The molecule has 0 aliphatic heterocycles. The highest BCUT2D eigenvalue weighted by molar-refractivity contribution is 5.97. The smallest absolute Gasteiger partial charge is 0.251 e. The topological polar surface area (TPSA) is 44.9 Å². The molecule has 0 radical (unpaired) electrons. The van der Waals surface area contributed by atoms with E-state index in [1.807, 2.05) is 30.5 Å². The first-order chi connectivity index (χ1) is 8.58. The van der Waals surface area contributed by atoms with E-state index >= 15 is 0 Å². The fourth-order valence-electron chi connectivity index (χ4n) is 1.78. The third-order valence-electron chi connectivity index (χ3n) is 3.54. The summed E-state index contributed by atoms with van der Waals surface area (Å²) in [5.41, 5.74) is 1.71. The number of fused-ring (bicyclic) bond motifs is 1. The van der Waals surface area contributed by atoms with Gasteiger partial charge in [0, 0.05) is 23.8 Å². The van der Waals surface area contributed by atoms with Crippen LogP contribution in [0.5, 0.6) is 0 Å². The molecule has 0 aliphatic carbocycles. The first-order valence-electron chi connectivity index (χ1n) is 6.43. The van der Waals surface area contributed by atoms with Gasteiger partial charge in [0.25, 0.3) is 5.91 Å². The molecule has 0 spiro atoms. The van der Waals surface area contributed by atoms with Crippen LogP contribution in [-0.4, -0.2) is 17.4 Å². The number of hydrogen-bond donors (Lipinski definition) is 2. The summed E-state index contributed by atoms with van der Waals surface area (Å²) >= 11 is 0. The fourth-order valence-corrected chi connectivity index (χ4v) is 1.78. The minimum Gasteiger partial charge on any atom is -0.361 e. The van der Waals surface area contributed by atoms with Gasteiger partial charge in [0.2, 0.25) is 0 Å². The van der Waals surface area contributed by atoms with Crippen molar-refractivity contribution in [3.8, 4) is 0 Å². The van der Waals surface area contributed by atoms with Crippen molar-refractivity contribution in [1.29, 1.82) is 0 Å². The molecule has 3 heteroatoms. The number of amides is 1. The van der Waals surface area contributed by atoms with Gasteiger partial charge in [-0.2, -0.15) is 0 Å². The van der Waals surface area contributed by atoms with Crippen molar-refractivity contribution in [2.45, 2.75) is 20.8 Å². The lowest BCUT2D eigenvalue weighted by Gasteiger charge is -2.16. The van der Waals surface area contributed by atoms with Crippen molar-refractivity contribution < 1.29 is 4.79 Å². The predicted molar refractivity (Wildman–Crippen MR) is 74.6 cm³/mol. The zero-order valence-electron chi connectivity index (χ0n) is 11.2. The van der Waals surface area contributed by atoms with E-state index in [1.54, 1.807) is 0 Å². The van der Waals surface area contributed by atoms with E-state index in [-0.39, 0.29) is 5.91 Å². The van der Waals surface area contributed by atoms with Gasteiger partial charge in [-0.15, -0.1) is 0 Å². The van der Waals surface area contributed by atoms with E-state index < -0.39 is 0 Å². The van der Waals surface area contributed by atoms with Crippen LogP contribution in [0.15, 0.2) is 30.5 Å². The molecule has 1 amide bonds. The van der Waals surface area contributed by atoms with Crippen molar-refractivity contribution in [2.24, 2.45) is 11.8 Å². The van der Waals surface area contributed by atoms with Crippen LogP contribution in [0.4, 0.5) is 0 Å². The molecule has 1 unspecified atom stereocenters. The molecule has 2 rings (SSSR count). The van der Waals surface area contributed by atoms with Crippen molar-refractivity contribution >= 4 is 16.8 Å². The highest BCUT2D eigenvalue weighted by Gasteiger charge is 2.10. The van der Waals surface area contributed by atoms with Crippen LogP contribution in [0.3, 0.4) is 0 Å². The lowest BCUT2D eigenvalue weighted by atomic mass is 9.98. The van der Waals surface area contributed by atoms with Gasteiger partial charge in [-0.3, -0.25) is 4.79 Å². The average Bonchev–Trinajstić information content (AvgIpc) is 2.82. The molecule has 0 bridgehead atoms. The molecule has 2 aromatic rings. The Morgan fingerprint density at radius 2 is 2.06 bits per heavy atom. The maximum atomic E-state index is 12.0. The molecule has 3 nitrogen and oxygen atoms in total. The number of hydrogen-bond acceptors (Lipinski definition) is 1. The van der Waals surface area contributed by atoms with Crippen molar-refractivity contribution in [2.75, 3.05) is 6.54 Å². The monoisotopic (exact) mass is 244 g/mol. The maximum Gasteiger partial charge on any atom is 0.251 e. The van der Waals surface area contributed by atoms with E-state index in [2.05, 4.69) is 31.1 Å². The van der Waals surface area contributed by atoms with E-state index in [4.69, 9.17) is 0 Å². The quantitative estimate of drug-likeness (QED) is 0.852. The Morgan fingerprint density at radius 3 is 2.78 bits per heavy atom. The Bertz CT molecular complexity index is 542. The Balaban J connectivity index is 2.04. The standard InChI is InChI=1S/C15H20N2O/c1-10(2)11(3)9-17-15(18)13-5-4-12-6-7-16-14(12)8-13/h4-8,10-11,16H,9H2,1-3H3,(H,17,18). The van der Waals surface area contributed by atoms with Crippen molar-refractivity contribution in [3.63, 3.8) is 0 Å². The van der Waals surface area contributed by atoms with E-state index in [0.717, 1.165) is 17.4 Å². The minimum atomic E-state index is -0.000926. The second-order valence-electron chi connectivity index (χ2n) is 5.21. The first kappa shape index (κ1) is 12.7. The number of aromatic nitrogens is 1. The molecular formula is C15H20N2O. The number of carbonyl (C=O) groups excluding carboxylic acids is 1. The molecule has 0 saturated carbocycles. The zero-order valence-corrected chi connectivity index (χ0v) is 11.2. The zero-order chi connectivity index (χ0) is 13.1. The number of rotatable bonds is 4. The summed E-state index contributed by atoms with van der Waals surface area (Å²) in [6.07, 6.45) is 1.88. The van der Waals surface area contributed by atoms with Gasteiger partial charge in [-0.05, 0) is 35.4 Å². The van der Waals surface area contributed by atoms with Crippen LogP contribution in [0.25, 0.3) is 10.9 Å². The van der Waals surface area contributed by atoms with Gasteiger partial charge >= 0.3 is 0 Å². The fraction of sp³-hybridized carbons (Fsp3) is 0.400. The van der Waals surface area contributed by atoms with Crippen LogP contribution in [0.1, 0.15) is 31.1 Å². The highest BCUT2D eigenvalue weighted by Crippen LogP contribution is 2.14. The lowest BCUT2D eigenvalue weighted by molar-refractivity contribution is 0.0945. The molecule has 2 N–H and O–H groups in total. The maximum absolute atomic E-state index is 12.0. The molecule has 0 saturated heterocycles. The van der Waals surface area contributed by atoms with Gasteiger partial charge in [0.05, 0.1) is 0 Å². The summed E-state index contributed by atoms with van der Waals surface area (Å²) in [6.45, 7) is 7.21. The predicted octanol–water partition coefficient (Wildman–Crippen LogP) is 3.19. The number of benzene rings is 1. The second-order valence-corrected chi connectivity index (χ2v) is 5.21. The normalized spacial score (nSPS) is 12.9. The summed E-state index contributed by atoms with van der Waals surface area (Å²) < 4.78 is 0. The lowest BCUT2D eigenvalue weighted by Crippen LogP contribution is -2.30. The first-order valence-corrected chi connectivity index (χ1v) is 6.43. The number of H-pyrrole nitrogens is 1. The third kappa shape index (κ3) is 2.73. The van der Waals surface area contributed by atoms with Gasteiger partial charge in [-0.25, -0.2) is 0 Å². The van der Waals surface area contributed by atoms with Crippen LogP contribution in [0.2, 0.25) is 0 Å². The van der Waals surface area contributed by atoms with Crippen LogP contribution in [0, 0.1) is 11.8 Å². The van der Waals surface area contributed by atoms with E-state index in [9.17, 15) is 4.79 Å². The molecule has 1 heterocycles. The highest BCUT2D eigenvalue weighted by atomic mass is 16.1. The molecule has 1 atom stereocenters.